The molecule has 0 amide bonds. The fraction of sp³-hybridized carbons (Fsp3) is 0.143. The molecule has 0 aromatic carbocycles. The lowest BCUT2D eigenvalue weighted by Gasteiger charge is -1.95. The van der Waals surface area contributed by atoms with Crippen molar-refractivity contribution in [2.45, 2.75) is 13.8 Å². The minimum atomic E-state index is -0.564. The monoisotopic (exact) mass is 334 g/mol. The molecule has 0 bridgehead atoms. The number of ketones is 2. The van der Waals surface area contributed by atoms with Crippen LogP contribution in [-0.2, 0) is 0 Å². The molecule has 112 valence electrons. The van der Waals surface area contributed by atoms with Crippen molar-refractivity contribution in [3.63, 3.8) is 0 Å². The molecule has 0 aliphatic rings. The average Bonchev–Trinajstić information content (AvgIpc) is 3.18. The normalized spacial score (nSPS) is 10.8. The van der Waals surface area contributed by atoms with Crippen molar-refractivity contribution in [3.8, 4) is 0 Å². The topological polar surface area (TPSA) is 87.1 Å². The first-order valence-electron chi connectivity index (χ1n) is 6.28. The number of nitrogens with zero attached hydrogens (tertiary/aromatic N) is 2. The SMILES string of the molecule is Cc1csc(C(=O)c2c(C(=O)c3ccc(C)s3)no[n+]2[O-])c1. The van der Waals surface area contributed by atoms with E-state index >= 15 is 0 Å². The molecule has 0 radical (unpaired) electrons. The van der Waals surface area contributed by atoms with Gasteiger partial charge in [-0.25, -0.2) is 0 Å². The molecule has 3 aromatic rings. The van der Waals surface area contributed by atoms with Gasteiger partial charge in [-0.3, -0.25) is 14.2 Å². The molecule has 22 heavy (non-hydrogen) atoms. The summed E-state index contributed by atoms with van der Waals surface area (Å²) in [5, 5.41) is 17.0. The zero-order valence-corrected chi connectivity index (χ0v) is 13.3. The van der Waals surface area contributed by atoms with Crippen molar-refractivity contribution in [1.82, 2.24) is 5.16 Å². The van der Waals surface area contributed by atoms with Crippen LogP contribution in [0.25, 0.3) is 0 Å². The fourth-order valence-corrected chi connectivity index (χ4v) is 3.58. The Kier molecular flexibility index (Phi) is 3.63. The largest absolute Gasteiger partial charge is 0.359 e. The van der Waals surface area contributed by atoms with Gasteiger partial charge in [0.15, 0.2) is 0 Å². The Bertz CT molecular complexity index is 875. The van der Waals surface area contributed by atoms with E-state index in [2.05, 4.69) is 9.79 Å². The van der Waals surface area contributed by atoms with Crippen LogP contribution in [0.2, 0.25) is 0 Å². The van der Waals surface area contributed by atoms with E-state index in [-0.39, 0.29) is 16.3 Å². The number of aryl methyl sites for hydroxylation is 2. The van der Waals surface area contributed by atoms with Gasteiger partial charge < -0.3 is 5.21 Å². The van der Waals surface area contributed by atoms with Gasteiger partial charge in [0.2, 0.25) is 0 Å². The predicted octanol–water partition coefficient (Wildman–Crippen LogP) is 2.51. The molecule has 0 aliphatic heterocycles. The lowest BCUT2D eigenvalue weighted by Crippen LogP contribution is -2.32. The van der Waals surface area contributed by atoms with Gasteiger partial charge >= 0.3 is 5.69 Å². The molecule has 0 spiro atoms. The molecule has 0 unspecified atom stereocenters. The molecule has 0 fully saturated rings. The number of hydrogen-bond donors (Lipinski definition) is 0. The maximum Gasteiger partial charge on any atom is 0.301 e. The molecule has 0 saturated carbocycles. The maximum absolute atomic E-state index is 12.4. The molecule has 0 saturated heterocycles. The van der Waals surface area contributed by atoms with Crippen LogP contribution in [0.4, 0.5) is 0 Å². The zero-order chi connectivity index (χ0) is 15.9. The van der Waals surface area contributed by atoms with Gasteiger partial charge in [0, 0.05) is 4.88 Å². The smallest absolute Gasteiger partial charge is 0.301 e. The summed E-state index contributed by atoms with van der Waals surface area (Å²) < 4.78 is 4.47. The first-order chi connectivity index (χ1) is 10.5. The van der Waals surface area contributed by atoms with Crippen LogP contribution in [-0.4, -0.2) is 16.7 Å². The van der Waals surface area contributed by atoms with E-state index in [1.807, 2.05) is 13.8 Å². The molecule has 0 N–H and O–H groups in total. The van der Waals surface area contributed by atoms with Crippen LogP contribution in [0.1, 0.15) is 41.2 Å². The van der Waals surface area contributed by atoms with E-state index in [1.54, 1.807) is 23.6 Å². The Morgan fingerprint density at radius 1 is 1.23 bits per heavy atom. The molecule has 6 nitrogen and oxygen atoms in total. The Morgan fingerprint density at radius 2 is 2.00 bits per heavy atom. The van der Waals surface area contributed by atoms with Crippen molar-refractivity contribution in [2.75, 3.05) is 0 Å². The number of aromatic nitrogens is 2. The summed E-state index contributed by atoms with van der Waals surface area (Å²) in [6, 6.07) is 5.08. The molecule has 3 rings (SSSR count). The van der Waals surface area contributed by atoms with Gasteiger partial charge in [0.05, 0.1) is 14.9 Å². The Hall–Kier alpha value is -2.32. The van der Waals surface area contributed by atoms with Crippen molar-refractivity contribution in [2.24, 2.45) is 0 Å². The van der Waals surface area contributed by atoms with E-state index in [0.717, 1.165) is 10.4 Å². The van der Waals surface area contributed by atoms with Crippen molar-refractivity contribution in [1.29, 1.82) is 0 Å². The van der Waals surface area contributed by atoms with Crippen LogP contribution < -0.4 is 4.90 Å². The van der Waals surface area contributed by atoms with Crippen LogP contribution in [0, 0.1) is 19.1 Å². The van der Waals surface area contributed by atoms with Crippen LogP contribution >= 0.6 is 22.7 Å². The Balaban J connectivity index is 2.04. The highest BCUT2D eigenvalue weighted by Gasteiger charge is 2.34. The Morgan fingerprint density at radius 3 is 2.59 bits per heavy atom. The van der Waals surface area contributed by atoms with Gasteiger partial charge in [0.25, 0.3) is 17.3 Å². The van der Waals surface area contributed by atoms with Crippen molar-refractivity contribution in [3.05, 3.63) is 60.4 Å². The van der Waals surface area contributed by atoms with E-state index in [1.165, 1.54) is 22.7 Å². The minimum Gasteiger partial charge on any atom is -0.359 e. The first-order valence-corrected chi connectivity index (χ1v) is 7.97. The van der Waals surface area contributed by atoms with Crippen molar-refractivity contribution >= 4 is 34.2 Å². The molecule has 8 heteroatoms. The first kappa shape index (κ1) is 14.6. The zero-order valence-electron chi connectivity index (χ0n) is 11.7. The van der Waals surface area contributed by atoms with Gasteiger partial charge in [-0.2, -0.15) is 0 Å². The van der Waals surface area contributed by atoms with Crippen molar-refractivity contribution < 1.29 is 19.1 Å². The third kappa shape index (κ3) is 2.46. The number of thiophene rings is 2. The highest BCUT2D eigenvalue weighted by molar-refractivity contribution is 7.14. The second-order valence-electron chi connectivity index (χ2n) is 4.68. The Labute approximate surface area is 133 Å². The second-order valence-corrected chi connectivity index (χ2v) is 6.88. The van der Waals surface area contributed by atoms with E-state index in [9.17, 15) is 14.8 Å². The summed E-state index contributed by atoms with van der Waals surface area (Å²) in [6.45, 7) is 3.70. The van der Waals surface area contributed by atoms with Crippen LogP contribution in [0.5, 0.6) is 0 Å². The molecular formula is C14H10N2O4S2. The van der Waals surface area contributed by atoms with Crippen LogP contribution in [0.15, 0.2) is 28.2 Å². The second kappa shape index (κ2) is 5.47. The highest BCUT2D eigenvalue weighted by atomic mass is 32.1. The number of carbonyl (C=O) groups is 2. The quantitative estimate of drug-likeness (QED) is 0.540. The highest BCUT2D eigenvalue weighted by Crippen LogP contribution is 2.22. The molecule has 3 heterocycles. The molecule has 0 atom stereocenters. The van der Waals surface area contributed by atoms with Gasteiger partial charge in [-0.05, 0) is 47.9 Å². The van der Waals surface area contributed by atoms with E-state index < -0.39 is 11.6 Å². The predicted molar refractivity (Wildman–Crippen MR) is 80.4 cm³/mol. The molecule has 0 aliphatic carbocycles. The summed E-state index contributed by atoms with van der Waals surface area (Å²) in [4.78, 5) is 26.6. The van der Waals surface area contributed by atoms with E-state index in [0.29, 0.717) is 9.75 Å². The summed E-state index contributed by atoms with van der Waals surface area (Å²) in [5.41, 5.74) is 0.273. The third-order valence-electron chi connectivity index (χ3n) is 2.96. The van der Waals surface area contributed by atoms with E-state index in [4.69, 9.17) is 0 Å². The van der Waals surface area contributed by atoms with Gasteiger partial charge in [0.1, 0.15) is 0 Å². The fourth-order valence-electron chi connectivity index (χ4n) is 1.93. The number of hydrogen-bond acceptors (Lipinski definition) is 7. The standard InChI is InChI=1S/C14H10N2O4S2/c1-7-5-10(21-6-7)14(18)12-11(15-20-16(12)19)13(17)9-4-3-8(2)22-9/h3-6H,1-2H3. The lowest BCUT2D eigenvalue weighted by molar-refractivity contribution is -0.803. The number of carbonyl (C=O) groups excluding carboxylic acids is 2. The molecular weight excluding hydrogens is 324 g/mol. The summed E-state index contributed by atoms with van der Waals surface area (Å²) in [6.07, 6.45) is 0. The maximum atomic E-state index is 12.4. The van der Waals surface area contributed by atoms with Gasteiger partial charge in [-0.1, -0.05) is 0 Å². The average molecular weight is 334 g/mol. The summed E-state index contributed by atoms with van der Waals surface area (Å²) >= 11 is 2.47. The van der Waals surface area contributed by atoms with Gasteiger partial charge in [-0.15, -0.1) is 22.7 Å². The summed E-state index contributed by atoms with van der Waals surface area (Å²) in [5.74, 6) is -1.06. The molecule has 3 aromatic heterocycles. The number of rotatable bonds is 4. The lowest BCUT2D eigenvalue weighted by atomic mass is 10.1. The van der Waals surface area contributed by atoms with Crippen LogP contribution in [0.3, 0.4) is 0 Å². The summed E-state index contributed by atoms with van der Waals surface area (Å²) in [7, 11) is 0. The third-order valence-corrected chi connectivity index (χ3v) is 5.01. The minimum absolute atomic E-state index is 0.00885.